The molecule has 9 heteroatoms. The smallest absolute Gasteiger partial charge is 0.408 e. The van der Waals surface area contributed by atoms with Gasteiger partial charge in [0, 0.05) is 24.6 Å². The average Bonchev–Trinajstić information content (AvgIpc) is 2.99. The van der Waals surface area contributed by atoms with Crippen LogP contribution in [0.25, 0.3) is 0 Å². The summed E-state index contributed by atoms with van der Waals surface area (Å²) < 4.78 is 5.52. The molecular formula is C36H53N3O6. The lowest BCUT2D eigenvalue weighted by atomic mass is 9.94. The summed E-state index contributed by atoms with van der Waals surface area (Å²) in [5.74, 6) is -0.777. The van der Waals surface area contributed by atoms with Gasteiger partial charge in [0.2, 0.25) is 11.8 Å². The summed E-state index contributed by atoms with van der Waals surface area (Å²) in [7, 11) is 0. The summed E-state index contributed by atoms with van der Waals surface area (Å²) in [6, 6.07) is 10.9. The number of nitrogens with one attached hydrogen (secondary N) is 2. The zero-order valence-corrected chi connectivity index (χ0v) is 27.5. The number of nitrogens with zero attached hydrogens (tertiary/aromatic N) is 1. The van der Waals surface area contributed by atoms with Crippen molar-refractivity contribution in [2.45, 2.75) is 128 Å². The van der Waals surface area contributed by atoms with Gasteiger partial charge in [-0.2, -0.15) is 0 Å². The number of carbonyl (C=O) groups is 3. The number of phenols is 2. The largest absolute Gasteiger partial charge is 0.508 e. The Morgan fingerprint density at radius 2 is 1.56 bits per heavy atom. The molecular weight excluding hydrogens is 570 g/mol. The van der Waals surface area contributed by atoms with Crippen molar-refractivity contribution in [3.05, 3.63) is 59.7 Å². The fourth-order valence-electron chi connectivity index (χ4n) is 5.84. The van der Waals surface area contributed by atoms with Crippen molar-refractivity contribution in [2.24, 2.45) is 0 Å². The normalized spacial score (nSPS) is 15.1. The van der Waals surface area contributed by atoms with Crippen LogP contribution in [0.1, 0.15) is 115 Å². The van der Waals surface area contributed by atoms with Crippen LogP contribution in [0.15, 0.2) is 48.5 Å². The Morgan fingerprint density at radius 3 is 2.20 bits per heavy atom. The minimum absolute atomic E-state index is 0.00159. The van der Waals surface area contributed by atoms with E-state index in [-0.39, 0.29) is 36.4 Å². The fourth-order valence-corrected chi connectivity index (χ4v) is 5.84. The van der Waals surface area contributed by atoms with Crippen LogP contribution in [-0.4, -0.2) is 57.3 Å². The fraction of sp³-hybridized carbons (Fsp3) is 0.583. The van der Waals surface area contributed by atoms with Gasteiger partial charge in [-0.05, 0) is 63.8 Å². The SMILES string of the molecule is CCCCCCCCN(C(=O)C(Cc1ccc(O)cc1)NC(=O)OC(C)(C)C)C(C(=O)NC1CCCCC1)c1ccccc1O. The Balaban J connectivity index is 2.01. The molecule has 3 rings (SSSR count). The molecule has 1 saturated carbocycles. The van der Waals surface area contributed by atoms with Crippen molar-refractivity contribution in [1.29, 1.82) is 0 Å². The first-order valence-electron chi connectivity index (χ1n) is 16.6. The topological polar surface area (TPSA) is 128 Å². The molecule has 1 aliphatic rings. The van der Waals surface area contributed by atoms with Crippen molar-refractivity contribution >= 4 is 17.9 Å². The minimum Gasteiger partial charge on any atom is -0.508 e. The monoisotopic (exact) mass is 623 g/mol. The number of carbonyl (C=O) groups excluding carboxylic acids is 3. The van der Waals surface area contributed by atoms with Crippen LogP contribution in [0.5, 0.6) is 11.5 Å². The van der Waals surface area contributed by atoms with Gasteiger partial charge in [-0.3, -0.25) is 9.59 Å². The first kappa shape index (κ1) is 35.7. The number of hydrogen-bond donors (Lipinski definition) is 4. The summed E-state index contributed by atoms with van der Waals surface area (Å²) >= 11 is 0. The lowest BCUT2D eigenvalue weighted by molar-refractivity contribution is -0.143. The molecule has 248 valence electrons. The van der Waals surface area contributed by atoms with Gasteiger partial charge in [-0.15, -0.1) is 0 Å². The summed E-state index contributed by atoms with van der Waals surface area (Å²) in [6.07, 6.45) is 10.2. The molecule has 2 aromatic rings. The molecule has 4 N–H and O–H groups in total. The van der Waals surface area contributed by atoms with Gasteiger partial charge in [0.15, 0.2) is 0 Å². The van der Waals surface area contributed by atoms with E-state index in [1.807, 2.05) is 0 Å². The third-order valence-corrected chi connectivity index (χ3v) is 8.14. The lowest BCUT2D eigenvalue weighted by Gasteiger charge is -2.36. The molecule has 1 fully saturated rings. The highest BCUT2D eigenvalue weighted by atomic mass is 16.6. The maximum absolute atomic E-state index is 14.6. The van der Waals surface area contributed by atoms with E-state index in [2.05, 4.69) is 17.6 Å². The lowest BCUT2D eigenvalue weighted by Crippen LogP contribution is -2.54. The van der Waals surface area contributed by atoms with E-state index in [9.17, 15) is 24.6 Å². The second-order valence-corrected chi connectivity index (χ2v) is 13.2. The first-order valence-corrected chi connectivity index (χ1v) is 16.6. The van der Waals surface area contributed by atoms with Crippen LogP contribution >= 0.6 is 0 Å². The maximum Gasteiger partial charge on any atom is 0.408 e. The molecule has 45 heavy (non-hydrogen) atoms. The summed E-state index contributed by atoms with van der Waals surface area (Å²) in [5, 5.41) is 26.7. The van der Waals surface area contributed by atoms with Gasteiger partial charge < -0.3 is 30.5 Å². The van der Waals surface area contributed by atoms with Crippen molar-refractivity contribution < 1.29 is 29.3 Å². The van der Waals surface area contributed by atoms with Gasteiger partial charge in [-0.1, -0.05) is 88.6 Å². The summed E-state index contributed by atoms with van der Waals surface area (Å²) in [4.78, 5) is 43.4. The minimum atomic E-state index is -1.10. The number of rotatable bonds is 15. The first-order chi connectivity index (χ1) is 21.5. The summed E-state index contributed by atoms with van der Waals surface area (Å²) in [6.45, 7) is 7.67. The molecule has 3 amide bonds. The maximum atomic E-state index is 14.6. The third-order valence-electron chi connectivity index (χ3n) is 8.14. The highest BCUT2D eigenvalue weighted by molar-refractivity contribution is 5.92. The van der Waals surface area contributed by atoms with E-state index in [0.717, 1.165) is 64.2 Å². The predicted molar refractivity (Wildman–Crippen MR) is 176 cm³/mol. The van der Waals surface area contributed by atoms with Gasteiger partial charge >= 0.3 is 6.09 Å². The molecule has 0 aromatic heterocycles. The number of phenolic OH excluding ortho intramolecular Hbond substituents is 2. The van der Waals surface area contributed by atoms with Gasteiger partial charge in [0.1, 0.15) is 29.2 Å². The Labute approximate surface area is 268 Å². The highest BCUT2D eigenvalue weighted by Gasteiger charge is 2.38. The Morgan fingerprint density at radius 1 is 0.911 bits per heavy atom. The number of unbranched alkanes of at least 4 members (excludes halogenated alkanes) is 5. The van der Waals surface area contributed by atoms with Crippen molar-refractivity contribution in [3.8, 4) is 11.5 Å². The van der Waals surface area contributed by atoms with Crippen LogP contribution in [0.4, 0.5) is 4.79 Å². The molecule has 2 unspecified atom stereocenters. The Kier molecular flexibility index (Phi) is 14.0. The van der Waals surface area contributed by atoms with E-state index in [1.165, 1.54) is 23.1 Å². The van der Waals surface area contributed by atoms with Gasteiger partial charge in [0.05, 0.1) is 0 Å². The number of benzene rings is 2. The third kappa shape index (κ3) is 11.9. The van der Waals surface area contributed by atoms with E-state index in [4.69, 9.17) is 4.74 Å². The average molecular weight is 624 g/mol. The molecule has 0 spiro atoms. The molecule has 0 bridgehead atoms. The standard InChI is InChI=1S/C36H53N3O6/c1-5-6-7-8-9-15-24-39(32(29-18-13-14-19-31(29)41)33(42)37-27-16-11-10-12-17-27)34(43)30(38-35(44)45-36(2,3)4)25-26-20-22-28(40)23-21-26/h13-14,18-23,27,30,32,40-41H,5-12,15-17,24-25H2,1-4H3,(H,37,42)(H,38,44). The molecule has 0 saturated heterocycles. The molecule has 0 heterocycles. The predicted octanol–water partition coefficient (Wildman–Crippen LogP) is 6.91. The molecule has 1 aliphatic carbocycles. The Hall–Kier alpha value is -3.75. The van der Waals surface area contributed by atoms with Crippen LogP contribution in [0, 0.1) is 0 Å². The molecule has 2 aromatic carbocycles. The van der Waals surface area contributed by atoms with E-state index < -0.39 is 29.7 Å². The molecule has 2 atom stereocenters. The Bertz CT molecular complexity index is 1220. The molecule has 0 radical (unpaired) electrons. The number of ether oxygens (including phenoxy) is 1. The zero-order valence-electron chi connectivity index (χ0n) is 27.5. The van der Waals surface area contributed by atoms with Crippen molar-refractivity contribution in [2.75, 3.05) is 6.54 Å². The van der Waals surface area contributed by atoms with Crippen LogP contribution in [0.3, 0.4) is 0 Å². The highest BCUT2D eigenvalue weighted by Crippen LogP contribution is 2.31. The van der Waals surface area contributed by atoms with E-state index >= 15 is 0 Å². The van der Waals surface area contributed by atoms with Gasteiger partial charge in [0.25, 0.3) is 0 Å². The van der Waals surface area contributed by atoms with E-state index in [0.29, 0.717) is 17.5 Å². The number of amides is 3. The van der Waals surface area contributed by atoms with Gasteiger partial charge in [-0.25, -0.2) is 4.79 Å². The second-order valence-electron chi connectivity index (χ2n) is 13.2. The van der Waals surface area contributed by atoms with Crippen LogP contribution < -0.4 is 10.6 Å². The van der Waals surface area contributed by atoms with Crippen molar-refractivity contribution in [3.63, 3.8) is 0 Å². The number of hydrogen-bond acceptors (Lipinski definition) is 6. The summed E-state index contributed by atoms with van der Waals surface area (Å²) in [5.41, 5.74) is 0.269. The molecule has 0 aliphatic heterocycles. The van der Waals surface area contributed by atoms with E-state index in [1.54, 1.807) is 51.1 Å². The number of para-hydroxylation sites is 1. The van der Waals surface area contributed by atoms with Crippen LogP contribution in [0.2, 0.25) is 0 Å². The second kappa shape index (κ2) is 17.7. The molecule has 9 nitrogen and oxygen atoms in total. The van der Waals surface area contributed by atoms with Crippen molar-refractivity contribution in [1.82, 2.24) is 15.5 Å². The van der Waals surface area contributed by atoms with Crippen LogP contribution in [-0.2, 0) is 20.7 Å². The number of aromatic hydroxyl groups is 2. The number of alkyl carbamates (subject to hydrolysis) is 1. The quantitative estimate of drug-likeness (QED) is 0.160. The zero-order chi connectivity index (χ0) is 32.8.